The van der Waals surface area contributed by atoms with Gasteiger partial charge in [-0.05, 0) is 33.2 Å². The topological polar surface area (TPSA) is 49.6 Å². The number of hydrogen-bond acceptors (Lipinski definition) is 4. The lowest BCUT2D eigenvalue weighted by Crippen LogP contribution is -2.21. The van der Waals surface area contributed by atoms with E-state index in [0.717, 1.165) is 36.6 Å². The summed E-state index contributed by atoms with van der Waals surface area (Å²) in [6, 6.07) is 0. The molecule has 2 heterocycles. The minimum atomic E-state index is -0.188. The lowest BCUT2D eigenvalue weighted by Gasteiger charge is -2.09. The Hall–Kier alpha value is -0.910. The van der Waals surface area contributed by atoms with Crippen molar-refractivity contribution in [1.82, 2.24) is 14.7 Å². The van der Waals surface area contributed by atoms with E-state index in [2.05, 4.69) is 33.9 Å². The quantitative estimate of drug-likeness (QED) is 0.789. The van der Waals surface area contributed by atoms with Crippen LogP contribution in [-0.4, -0.2) is 27.1 Å². The fourth-order valence-electron chi connectivity index (χ4n) is 2.06. The van der Waals surface area contributed by atoms with Gasteiger partial charge in [-0.25, -0.2) is 4.98 Å². The minimum absolute atomic E-state index is 0.188. The molecular weight excluding hydrogens is 246 g/mol. The average molecular weight is 267 g/mol. The molecular formula is C13H21N3OS. The van der Waals surface area contributed by atoms with E-state index in [0.29, 0.717) is 0 Å². The third kappa shape index (κ3) is 2.74. The van der Waals surface area contributed by atoms with E-state index < -0.39 is 0 Å². The van der Waals surface area contributed by atoms with Gasteiger partial charge >= 0.3 is 0 Å². The number of aliphatic hydroxyl groups excluding tert-OH is 1. The third-order valence-corrected chi connectivity index (χ3v) is 4.19. The molecule has 5 heteroatoms. The monoisotopic (exact) mass is 267 g/mol. The normalized spacial score (nSPS) is 13.3. The zero-order chi connectivity index (χ0) is 13.1. The first-order valence-electron chi connectivity index (χ1n) is 6.44. The second-order valence-electron chi connectivity index (χ2n) is 4.67. The Balaban J connectivity index is 1.98. The van der Waals surface area contributed by atoms with Gasteiger partial charge < -0.3 is 10.4 Å². The van der Waals surface area contributed by atoms with Crippen LogP contribution in [-0.2, 0) is 6.54 Å². The molecule has 2 aromatic rings. The largest absolute Gasteiger partial charge is 0.393 e. The third-order valence-electron chi connectivity index (χ3n) is 3.25. The van der Waals surface area contributed by atoms with E-state index in [4.69, 9.17) is 0 Å². The zero-order valence-electron chi connectivity index (χ0n) is 11.2. The molecule has 0 aliphatic rings. The first-order chi connectivity index (χ1) is 8.63. The molecule has 2 aromatic heterocycles. The SMILES string of the molecule is CCC(O)CCNCc1c(C)nc2scc(C)n12. The van der Waals surface area contributed by atoms with Crippen LogP contribution in [0.4, 0.5) is 0 Å². The predicted octanol–water partition coefficient (Wildman–Crippen LogP) is 2.26. The van der Waals surface area contributed by atoms with Crippen LogP contribution >= 0.6 is 11.3 Å². The van der Waals surface area contributed by atoms with Crippen LogP contribution < -0.4 is 5.32 Å². The molecule has 0 saturated carbocycles. The van der Waals surface area contributed by atoms with Gasteiger partial charge in [-0.15, -0.1) is 11.3 Å². The van der Waals surface area contributed by atoms with Crippen molar-refractivity contribution in [2.75, 3.05) is 6.54 Å². The average Bonchev–Trinajstić information content (AvgIpc) is 2.85. The first-order valence-corrected chi connectivity index (χ1v) is 7.32. The maximum absolute atomic E-state index is 9.50. The van der Waals surface area contributed by atoms with Crippen molar-refractivity contribution in [3.63, 3.8) is 0 Å². The van der Waals surface area contributed by atoms with Crippen LogP contribution in [0.3, 0.4) is 0 Å². The summed E-state index contributed by atoms with van der Waals surface area (Å²) < 4.78 is 2.21. The number of hydrogen-bond donors (Lipinski definition) is 2. The maximum Gasteiger partial charge on any atom is 0.194 e. The Labute approximate surface area is 112 Å². The molecule has 100 valence electrons. The molecule has 2 rings (SSSR count). The van der Waals surface area contributed by atoms with Crippen LogP contribution in [0.2, 0.25) is 0 Å². The highest BCUT2D eigenvalue weighted by molar-refractivity contribution is 7.15. The van der Waals surface area contributed by atoms with Gasteiger partial charge in [-0.1, -0.05) is 6.92 Å². The summed E-state index contributed by atoms with van der Waals surface area (Å²) in [6.45, 7) is 7.81. The van der Waals surface area contributed by atoms with Crippen LogP contribution in [0.25, 0.3) is 4.96 Å². The summed E-state index contributed by atoms with van der Waals surface area (Å²) in [5, 5.41) is 15.0. The number of nitrogens with zero attached hydrogens (tertiary/aromatic N) is 2. The van der Waals surface area contributed by atoms with Crippen molar-refractivity contribution >= 4 is 16.3 Å². The Morgan fingerprint density at radius 3 is 3.00 bits per heavy atom. The highest BCUT2D eigenvalue weighted by Crippen LogP contribution is 2.20. The van der Waals surface area contributed by atoms with Gasteiger partial charge in [0.25, 0.3) is 0 Å². The number of imidazole rings is 1. The molecule has 4 nitrogen and oxygen atoms in total. The summed E-state index contributed by atoms with van der Waals surface area (Å²) >= 11 is 1.68. The molecule has 0 spiro atoms. The number of aryl methyl sites for hydroxylation is 2. The number of aromatic nitrogens is 2. The molecule has 0 aliphatic heterocycles. The molecule has 0 aromatic carbocycles. The van der Waals surface area contributed by atoms with Crippen LogP contribution in [0.1, 0.15) is 36.8 Å². The number of fused-ring (bicyclic) bond motifs is 1. The van der Waals surface area contributed by atoms with Gasteiger partial charge in [0.2, 0.25) is 0 Å². The van der Waals surface area contributed by atoms with Crippen molar-refractivity contribution in [2.45, 2.75) is 46.3 Å². The van der Waals surface area contributed by atoms with Crippen molar-refractivity contribution in [1.29, 1.82) is 0 Å². The van der Waals surface area contributed by atoms with Gasteiger partial charge in [-0.3, -0.25) is 4.40 Å². The van der Waals surface area contributed by atoms with E-state index >= 15 is 0 Å². The number of nitrogens with one attached hydrogen (secondary N) is 1. The standard InChI is InChI=1S/C13H21N3OS/c1-4-11(17)5-6-14-7-12-10(3)15-13-16(12)9(2)8-18-13/h8,11,14,17H,4-7H2,1-3H3. The molecule has 18 heavy (non-hydrogen) atoms. The summed E-state index contributed by atoms with van der Waals surface area (Å²) in [6.07, 6.45) is 1.44. The molecule has 0 saturated heterocycles. The highest BCUT2D eigenvalue weighted by Gasteiger charge is 2.11. The van der Waals surface area contributed by atoms with E-state index in [1.165, 1.54) is 11.4 Å². The van der Waals surface area contributed by atoms with Gasteiger partial charge in [0.15, 0.2) is 4.96 Å². The fourth-order valence-corrected chi connectivity index (χ4v) is 2.99. The Bertz CT molecular complexity index is 518. The van der Waals surface area contributed by atoms with E-state index in [9.17, 15) is 5.11 Å². The second-order valence-corrected chi connectivity index (χ2v) is 5.50. The first kappa shape index (κ1) is 13.5. The number of thiazole rings is 1. The van der Waals surface area contributed by atoms with Crippen molar-refractivity contribution in [3.8, 4) is 0 Å². The maximum atomic E-state index is 9.50. The van der Waals surface area contributed by atoms with Gasteiger partial charge in [-0.2, -0.15) is 0 Å². The van der Waals surface area contributed by atoms with Crippen LogP contribution in [0.5, 0.6) is 0 Å². The summed E-state index contributed by atoms with van der Waals surface area (Å²) in [7, 11) is 0. The van der Waals surface area contributed by atoms with Gasteiger partial charge in [0.1, 0.15) is 0 Å². The van der Waals surface area contributed by atoms with E-state index in [1.807, 2.05) is 6.92 Å². The molecule has 0 amide bonds. The summed E-state index contributed by atoms with van der Waals surface area (Å²) in [5.41, 5.74) is 3.56. The van der Waals surface area contributed by atoms with Crippen LogP contribution in [0, 0.1) is 13.8 Å². The number of aliphatic hydroxyl groups is 1. The Morgan fingerprint density at radius 1 is 1.50 bits per heavy atom. The van der Waals surface area contributed by atoms with E-state index in [1.54, 1.807) is 11.3 Å². The lowest BCUT2D eigenvalue weighted by molar-refractivity contribution is 0.159. The van der Waals surface area contributed by atoms with E-state index in [-0.39, 0.29) is 6.10 Å². The minimum Gasteiger partial charge on any atom is -0.393 e. The molecule has 2 N–H and O–H groups in total. The summed E-state index contributed by atoms with van der Waals surface area (Å²) in [4.78, 5) is 5.62. The molecule has 0 bridgehead atoms. The second kappa shape index (κ2) is 5.82. The molecule has 0 fully saturated rings. The zero-order valence-corrected chi connectivity index (χ0v) is 12.0. The Kier molecular flexibility index (Phi) is 4.37. The molecule has 0 radical (unpaired) electrons. The fraction of sp³-hybridized carbons (Fsp3) is 0.615. The van der Waals surface area contributed by atoms with Crippen molar-refractivity contribution < 1.29 is 5.11 Å². The van der Waals surface area contributed by atoms with Gasteiger partial charge in [0, 0.05) is 17.6 Å². The van der Waals surface area contributed by atoms with Crippen molar-refractivity contribution in [3.05, 3.63) is 22.5 Å². The predicted molar refractivity (Wildman–Crippen MR) is 75.2 cm³/mol. The van der Waals surface area contributed by atoms with Crippen LogP contribution in [0.15, 0.2) is 5.38 Å². The Morgan fingerprint density at radius 2 is 2.28 bits per heavy atom. The molecule has 1 unspecified atom stereocenters. The lowest BCUT2D eigenvalue weighted by atomic mass is 10.2. The van der Waals surface area contributed by atoms with Gasteiger partial charge in [0.05, 0.1) is 17.5 Å². The molecule has 1 atom stereocenters. The molecule has 0 aliphatic carbocycles. The highest BCUT2D eigenvalue weighted by atomic mass is 32.1. The smallest absolute Gasteiger partial charge is 0.194 e. The summed E-state index contributed by atoms with van der Waals surface area (Å²) in [5.74, 6) is 0. The van der Waals surface area contributed by atoms with Crippen molar-refractivity contribution in [2.24, 2.45) is 0 Å². The number of rotatable bonds is 6.